The molecule has 0 spiro atoms. The lowest BCUT2D eigenvalue weighted by Crippen LogP contribution is -2.35. The van der Waals surface area contributed by atoms with Crippen LogP contribution in [0.25, 0.3) is 0 Å². The van der Waals surface area contributed by atoms with E-state index in [1.807, 2.05) is 14.7 Å². The molecule has 3 aliphatic heterocycles. The first-order chi connectivity index (χ1) is 11.5. The number of aliphatic hydroxyl groups is 1. The van der Waals surface area contributed by atoms with Gasteiger partial charge in [0.2, 0.25) is 15.4 Å². The Morgan fingerprint density at radius 1 is 0.880 bits per heavy atom. The summed E-state index contributed by atoms with van der Waals surface area (Å²) in [6.07, 6.45) is 1.52. The van der Waals surface area contributed by atoms with Crippen LogP contribution in [-0.2, 0) is 9.59 Å². The van der Waals surface area contributed by atoms with Crippen molar-refractivity contribution in [3.8, 4) is 0 Å². The summed E-state index contributed by atoms with van der Waals surface area (Å²) in [6.45, 7) is 8.27. The lowest BCUT2D eigenvalue weighted by Gasteiger charge is -2.25. The number of hydrogen-bond acceptors (Lipinski definition) is 6. The molecule has 25 heavy (non-hydrogen) atoms. The third-order valence-corrected chi connectivity index (χ3v) is 5.57. The van der Waals surface area contributed by atoms with Crippen LogP contribution in [0, 0.1) is 0 Å². The Hall–Kier alpha value is -0.950. The van der Waals surface area contributed by atoms with Gasteiger partial charge in [-0.25, -0.2) is 0 Å². The molecule has 0 saturated carbocycles. The van der Waals surface area contributed by atoms with Gasteiger partial charge in [0.15, 0.2) is 0 Å². The second-order valence-corrected chi connectivity index (χ2v) is 9.22. The molecule has 0 radical (unpaired) electrons. The minimum atomic E-state index is -1.59. The van der Waals surface area contributed by atoms with Crippen molar-refractivity contribution in [2.75, 3.05) is 39.3 Å². The maximum absolute atomic E-state index is 12.4. The summed E-state index contributed by atoms with van der Waals surface area (Å²) in [5, 5.41) is 8.96. The molecular formula is C16H20Cl3N3O3. The van der Waals surface area contributed by atoms with E-state index in [1.165, 1.54) is 19.9 Å². The topological polar surface area (TPSA) is 63.4 Å². The molecule has 6 nitrogen and oxygen atoms in total. The van der Waals surface area contributed by atoms with Crippen molar-refractivity contribution in [2.45, 2.75) is 23.2 Å². The van der Waals surface area contributed by atoms with Gasteiger partial charge in [-0.1, -0.05) is 34.8 Å². The first-order valence-electron chi connectivity index (χ1n) is 8.09. The Labute approximate surface area is 161 Å². The molecule has 0 bridgehead atoms. The van der Waals surface area contributed by atoms with E-state index in [9.17, 15) is 9.59 Å². The average molecular weight is 409 g/mol. The molecule has 9 heteroatoms. The number of rotatable bonds is 3. The van der Waals surface area contributed by atoms with Gasteiger partial charge in [-0.15, -0.1) is 0 Å². The van der Waals surface area contributed by atoms with Crippen LogP contribution in [0.5, 0.6) is 0 Å². The third kappa shape index (κ3) is 4.25. The molecule has 0 atom stereocenters. The number of alkyl halides is 3. The van der Waals surface area contributed by atoms with Crippen LogP contribution in [0.4, 0.5) is 0 Å². The van der Waals surface area contributed by atoms with Crippen LogP contribution in [0.2, 0.25) is 0 Å². The Bertz CT molecular complexity index is 652. The average Bonchev–Trinajstić information content (AvgIpc) is 3.35. The van der Waals surface area contributed by atoms with E-state index < -0.39 is 9.39 Å². The Kier molecular flexibility index (Phi) is 4.77. The maximum Gasteiger partial charge on any atom is 0.227 e. The van der Waals surface area contributed by atoms with E-state index in [0.29, 0.717) is 17.1 Å². The van der Waals surface area contributed by atoms with Crippen molar-refractivity contribution in [3.05, 3.63) is 23.2 Å². The smallest absolute Gasteiger partial charge is 0.227 e. The van der Waals surface area contributed by atoms with Crippen LogP contribution in [0.3, 0.4) is 0 Å². The van der Waals surface area contributed by atoms with Gasteiger partial charge in [0.25, 0.3) is 0 Å². The zero-order valence-electron chi connectivity index (χ0n) is 14.1. The van der Waals surface area contributed by atoms with E-state index in [-0.39, 0.29) is 11.6 Å². The summed E-state index contributed by atoms with van der Waals surface area (Å²) < 4.78 is -1.59. The van der Waals surface area contributed by atoms with Crippen LogP contribution in [0.15, 0.2) is 23.2 Å². The fourth-order valence-corrected chi connectivity index (χ4v) is 2.28. The Balaban J connectivity index is 0.000000197. The van der Waals surface area contributed by atoms with Gasteiger partial charge in [0.05, 0.1) is 5.70 Å². The van der Waals surface area contributed by atoms with E-state index in [4.69, 9.17) is 39.9 Å². The Morgan fingerprint density at radius 3 is 1.64 bits per heavy atom. The number of hydrogen-bond donors (Lipinski definition) is 1. The van der Waals surface area contributed by atoms with Gasteiger partial charge in [-0.05, 0) is 13.8 Å². The molecule has 0 aromatic heterocycles. The fourth-order valence-electron chi connectivity index (χ4n) is 2.28. The van der Waals surface area contributed by atoms with Gasteiger partial charge < -0.3 is 19.8 Å². The SMILES string of the molecule is CC(C)(O)C(Cl)(Cl)Cl.O=C1C=C(N2CC2)C(=O)C(N2CC2)=C1N1CC1. The maximum atomic E-state index is 12.4. The molecule has 1 N–H and O–H groups in total. The highest BCUT2D eigenvalue weighted by Gasteiger charge is 2.43. The molecular weight excluding hydrogens is 389 g/mol. The third-order valence-electron chi connectivity index (χ3n) is 4.18. The van der Waals surface area contributed by atoms with Crippen molar-refractivity contribution in [1.82, 2.24) is 14.7 Å². The van der Waals surface area contributed by atoms with Crippen molar-refractivity contribution >= 4 is 46.4 Å². The molecule has 0 unspecified atom stereocenters. The first kappa shape index (κ1) is 18.8. The molecule has 3 fully saturated rings. The molecule has 0 amide bonds. The van der Waals surface area contributed by atoms with Gasteiger partial charge >= 0.3 is 0 Å². The van der Waals surface area contributed by atoms with Crippen LogP contribution < -0.4 is 0 Å². The zero-order valence-corrected chi connectivity index (χ0v) is 16.3. The zero-order chi connectivity index (χ0) is 18.6. The fraction of sp³-hybridized carbons (Fsp3) is 0.625. The summed E-state index contributed by atoms with van der Waals surface area (Å²) in [5.41, 5.74) is 0.620. The first-order valence-corrected chi connectivity index (χ1v) is 9.23. The summed E-state index contributed by atoms with van der Waals surface area (Å²) in [4.78, 5) is 30.5. The molecule has 3 heterocycles. The summed E-state index contributed by atoms with van der Waals surface area (Å²) in [5.74, 6) is 0.0485. The van der Waals surface area contributed by atoms with Gasteiger partial charge in [-0.2, -0.15) is 0 Å². The van der Waals surface area contributed by atoms with Crippen LogP contribution >= 0.6 is 34.8 Å². The van der Waals surface area contributed by atoms with Gasteiger partial charge in [-0.3, -0.25) is 9.59 Å². The normalized spacial score (nSPS) is 22.6. The monoisotopic (exact) mass is 407 g/mol. The highest BCUT2D eigenvalue weighted by molar-refractivity contribution is 6.68. The van der Waals surface area contributed by atoms with E-state index >= 15 is 0 Å². The number of nitrogens with zero attached hydrogens (tertiary/aromatic N) is 3. The van der Waals surface area contributed by atoms with Gasteiger partial charge in [0.1, 0.15) is 17.0 Å². The molecule has 0 aromatic rings. The second kappa shape index (κ2) is 6.34. The van der Waals surface area contributed by atoms with E-state index in [2.05, 4.69) is 0 Å². The molecule has 138 valence electrons. The number of ketones is 2. The predicted molar refractivity (Wildman–Crippen MR) is 96.4 cm³/mol. The number of halogens is 3. The van der Waals surface area contributed by atoms with Crippen LogP contribution in [-0.4, -0.2) is 80.0 Å². The highest BCUT2D eigenvalue weighted by Crippen LogP contribution is 2.37. The quantitative estimate of drug-likeness (QED) is 0.432. The highest BCUT2D eigenvalue weighted by atomic mass is 35.6. The number of Topliss-reactive ketones (excluding diaryl/α,β-unsaturated/α-hetero) is 1. The van der Waals surface area contributed by atoms with E-state index in [0.717, 1.165) is 39.3 Å². The summed E-state index contributed by atoms with van der Waals surface area (Å²) in [7, 11) is 0. The molecule has 4 aliphatic rings. The molecule has 3 saturated heterocycles. The number of allylic oxidation sites excluding steroid dienone is 1. The molecule has 1 aliphatic carbocycles. The van der Waals surface area contributed by atoms with Crippen molar-refractivity contribution in [1.29, 1.82) is 0 Å². The number of carbonyl (C=O) groups is 2. The number of carbonyl (C=O) groups excluding carboxylic acids is 2. The Morgan fingerprint density at radius 2 is 1.28 bits per heavy atom. The van der Waals surface area contributed by atoms with Crippen molar-refractivity contribution in [2.24, 2.45) is 0 Å². The predicted octanol–water partition coefficient (Wildman–Crippen LogP) is 1.31. The lowest BCUT2D eigenvalue weighted by atomic mass is 10.0. The van der Waals surface area contributed by atoms with Crippen molar-refractivity contribution < 1.29 is 14.7 Å². The van der Waals surface area contributed by atoms with Crippen molar-refractivity contribution in [3.63, 3.8) is 0 Å². The molecule has 4 rings (SSSR count). The summed E-state index contributed by atoms with van der Waals surface area (Å²) >= 11 is 15.9. The lowest BCUT2D eigenvalue weighted by molar-refractivity contribution is -0.117. The summed E-state index contributed by atoms with van der Waals surface area (Å²) in [6, 6.07) is 0. The molecule has 0 aromatic carbocycles. The second-order valence-electron chi connectivity index (χ2n) is 6.94. The van der Waals surface area contributed by atoms with E-state index in [1.54, 1.807) is 0 Å². The minimum absolute atomic E-state index is 0.00546. The standard InChI is InChI=1S/C12H13N3O2.C4H7Cl3O/c16-9-7-8(13-1-2-13)12(17)11(15-5-6-15)10(9)14-3-4-14;1-3(2,8)4(5,6)7/h7H,1-6H2;8H,1-2H3. The van der Waals surface area contributed by atoms with Gasteiger partial charge in [0, 0.05) is 45.3 Å². The van der Waals surface area contributed by atoms with Crippen LogP contribution in [0.1, 0.15) is 13.8 Å². The minimum Gasteiger partial charge on any atom is -0.386 e. The largest absolute Gasteiger partial charge is 0.386 e.